The van der Waals surface area contributed by atoms with Crippen molar-refractivity contribution in [3.8, 4) is 0 Å². The lowest BCUT2D eigenvalue weighted by Gasteiger charge is -2.34. The monoisotopic (exact) mass is 199 g/mol. The number of hydrogen-bond donors (Lipinski definition) is 1. The first kappa shape index (κ1) is 11.0. The molecule has 1 unspecified atom stereocenters. The van der Waals surface area contributed by atoms with E-state index in [1.165, 1.54) is 0 Å². The summed E-state index contributed by atoms with van der Waals surface area (Å²) in [6.45, 7) is 4.69. The largest absolute Gasteiger partial charge is 0.481 e. The van der Waals surface area contributed by atoms with Gasteiger partial charge in [-0.15, -0.1) is 0 Å². The number of aliphatic carboxylic acids is 1. The van der Waals surface area contributed by atoms with Crippen molar-refractivity contribution in [1.29, 1.82) is 0 Å². The summed E-state index contributed by atoms with van der Waals surface area (Å²) < 4.78 is 0. The maximum absolute atomic E-state index is 11.8. The van der Waals surface area contributed by atoms with Crippen molar-refractivity contribution < 1.29 is 14.7 Å². The average molecular weight is 199 g/mol. The van der Waals surface area contributed by atoms with Crippen LogP contribution >= 0.6 is 0 Å². The smallest absolute Gasteiger partial charge is 0.304 e. The lowest BCUT2D eigenvalue weighted by atomic mass is 9.93. The SMILES string of the molecule is CC(C)N1CCCC(CC(=O)O)C1=O. The quantitative estimate of drug-likeness (QED) is 0.740. The molecule has 1 atom stereocenters. The lowest BCUT2D eigenvalue weighted by Crippen LogP contribution is -2.45. The maximum atomic E-state index is 11.8. The Labute approximate surface area is 83.9 Å². The molecule has 0 aromatic carbocycles. The highest BCUT2D eigenvalue weighted by atomic mass is 16.4. The molecule has 0 spiro atoms. The Kier molecular flexibility index (Phi) is 3.49. The zero-order valence-electron chi connectivity index (χ0n) is 8.69. The minimum atomic E-state index is -0.881. The van der Waals surface area contributed by atoms with Gasteiger partial charge in [-0.2, -0.15) is 0 Å². The van der Waals surface area contributed by atoms with Gasteiger partial charge in [0.05, 0.1) is 6.42 Å². The molecule has 1 amide bonds. The van der Waals surface area contributed by atoms with Crippen molar-refractivity contribution >= 4 is 11.9 Å². The van der Waals surface area contributed by atoms with Crippen LogP contribution in [0.5, 0.6) is 0 Å². The second-order valence-corrected chi connectivity index (χ2v) is 4.06. The van der Waals surface area contributed by atoms with E-state index in [2.05, 4.69) is 0 Å². The van der Waals surface area contributed by atoms with Gasteiger partial charge in [0, 0.05) is 18.5 Å². The van der Waals surface area contributed by atoms with Crippen molar-refractivity contribution in [3.05, 3.63) is 0 Å². The summed E-state index contributed by atoms with van der Waals surface area (Å²) in [6.07, 6.45) is 1.61. The molecule has 0 radical (unpaired) electrons. The van der Waals surface area contributed by atoms with Gasteiger partial charge in [0.15, 0.2) is 0 Å². The predicted molar refractivity (Wildman–Crippen MR) is 51.8 cm³/mol. The molecular formula is C10H17NO3. The fourth-order valence-electron chi connectivity index (χ4n) is 1.89. The summed E-state index contributed by atoms with van der Waals surface area (Å²) in [7, 11) is 0. The van der Waals surface area contributed by atoms with E-state index in [9.17, 15) is 9.59 Å². The van der Waals surface area contributed by atoms with Crippen molar-refractivity contribution in [3.63, 3.8) is 0 Å². The molecule has 1 aliphatic rings. The normalized spacial score (nSPS) is 22.9. The highest BCUT2D eigenvalue weighted by Gasteiger charge is 2.31. The zero-order chi connectivity index (χ0) is 10.7. The molecular weight excluding hydrogens is 182 g/mol. The van der Waals surface area contributed by atoms with Gasteiger partial charge in [0.25, 0.3) is 0 Å². The number of carboxylic acids is 1. The molecule has 1 fully saturated rings. The Morgan fingerprint density at radius 1 is 1.64 bits per heavy atom. The van der Waals surface area contributed by atoms with Gasteiger partial charge in [-0.3, -0.25) is 9.59 Å². The Hall–Kier alpha value is -1.06. The number of hydrogen-bond acceptors (Lipinski definition) is 2. The van der Waals surface area contributed by atoms with Crippen LogP contribution in [0, 0.1) is 5.92 Å². The molecule has 14 heavy (non-hydrogen) atoms. The van der Waals surface area contributed by atoms with E-state index in [4.69, 9.17) is 5.11 Å². The van der Waals surface area contributed by atoms with Crippen LogP contribution in [-0.4, -0.2) is 34.5 Å². The molecule has 1 saturated heterocycles. The van der Waals surface area contributed by atoms with Crippen molar-refractivity contribution in [2.45, 2.75) is 39.2 Å². The van der Waals surface area contributed by atoms with Gasteiger partial charge in [0.2, 0.25) is 5.91 Å². The van der Waals surface area contributed by atoms with E-state index in [0.29, 0.717) is 6.42 Å². The molecule has 1 aliphatic heterocycles. The molecule has 1 heterocycles. The number of rotatable bonds is 3. The molecule has 0 bridgehead atoms. The van der Waals surface area contributed by atoms with Crippen molar-refractivity contribution in [1.82, 2.24) is 4.90 Å². The summed E-state index contributed by atoms with van der Waals surface area (Å²) in [6, 6.07) is 0.180. The molecule has 4 nitrogen and oxygen atoms in total. The standard InChI is InChI=1S/C10H17NO3/c1-7(2)11-5-3-4-8(10(11)14)6-9(12)13/h7-8H,3-6H2,1-2H3,(H,12,13). The van der Waals surface area contributed by atoms with Crippen LogP contribution < -0.4 is 0 Å². The van der Waals surface area contributed by atoms with Crippen LogP contribution in [0.3, 0.4) is 0 Å². The number of carbonyl (C=O) groups is 2. The Morgan fingerprint density at radius 2 is 2.29 bits per heavy atom. The Balaban J connectivity index is 2.61. The van der Waals surface area contributed by atoms with E-state index in [0.717, 1.165) is 13.0 Å². The fourth-order valence-corrected chi connectivity index (χ4v) is 1.89. The molecule has 1 rings (SSSR count). The van der Waals surface area contributed by atoms with Crippen LogP contribution in [0.25, 0.3) is 0 Å². The predicted octanol–water partition coefficient (Wildman–Crippen LogP) is 1.11. The summed E-state index contributed by atoms with van der Waals surface area (Å²) >= 11 is 0. The summed E-state index contributed by atoms with van der Waals surface area (Å²) in [5.74, 6) is -1.17. The summed E-state index contributed by atoms with van der Waals surface area (Å²) in [5.41, 5.74) is 0. The average Bonchev–Trinajstić information content (AvgIpc) is 2.07. The highest BCUT2D eigenvalue weighted by molar-refractivity contribution is 5.84. The van der Waals surface area contributed by atoms with Crippen LogP contribution in [0.1, 0.15) is 33.1 Å². The first-order valence-electron chi connectivity index (χ1n) is 5.04. The second kappa shape index (κ2) is 4.44. The third-order valence-electron chi connectivity index (χ3n) is 2.63. The van der Waals surface area contributed by atoms with E-state index in [1.54, 1.807) is 4.90 Å². The van der Waals surface area contributed by atoms with E-state index >= 15 is 0 Å². The third kappa shape index (κ3) is 2.47. The van der Waals surface area contributed by atoms with Crippen molar-refractivity contribution in [2.24, 2.45) is 5.92 Å². The van der Waals surface area contributed by atoms with Crippen LogP contribution in [0.2, 0.25) is 0 Å². The minimum Gasteiger partial charge on any atom is -0.481 e. The number of amides is 1. The van der Waals surface area contributed by atoms with Gasteiger partial charge in [-0.05, 0) is 26.7 Å². The van der Waals surface area contributed by atoms with Gasteiger partial charge >= 0.3 is 5.97 Å². The first-order valence-corrected chi connectivity index (χ1v) is 5.04. The van der Waals surface area contributed by atoms with Crippen molar-refractivity contribution in [2.75, 3.05) is 6.54 Å². The molecule has 0 aromatic rings. The van der Waals surface area contributed by atoms with E-state index in [1.807, 2.05) is 13.8 Å². The van der Waals surface area contributed by atoms with Gasteiger partial charge < -0.3 is 10.0 Å². The van der Waals surface area contributed by atoms with Crippen LogP contribution in [0.4, 0.5) is 0 Å². The Bertz CT molecular complexity index is 238. The molecule has 80 valence electrons. The van der Waals surface area contributed by atoms with Gasteiger partial charge in [0.1, 0.15) is 0 Å². The number of piperidine rings is 1. The molecule has 4 heteroatoms. The third-order valence-corrected chi connectivity index (χ3v) is 2.63. The number of carbonyl (C=O) groups excluding carboxylic acids is 1. The van der Waals surface area contributed by atoms with E-state index < -0.39 is 5.97 Å². The number of carboxylic acid groups (broad SMARTS) is 1. The number of likely N-dealkylation sites (tertiary alicyclic amines) is 1. The lowest BCUT2D eigenvalue weighted by molar-refractivity contribution is -0.147. The van der Waals surface area contributed by atoms with Gasteiger partial charge in [-0.1, -0.05) is 0 Å². The Morgan fingerprint density at radius 3 is 2.79 bits per heavy atom. The zero-order valence-corrected chi connectivity index (χ0v) is 8.69. The fraction of sp³-hybridized carbons (Fsp3) is 0.800. The first-order chi connectivity index (χ1) is 6.52. The highest BCUT2D eigenvalue weighted by Crippen LogP contribution is 2.22. The van der Waals surface area contributed by atoms with Crippen LogP contribution in [0.15, 0.2) is 0 Å². The minimum absolute atomic E-state index is 0.00801. The second-order valence-electron chi connectivity index (χ2n) is 4.06. The number of nitrogens with zero attached hydrogens (tertiary/aromatic N) is 1. The van der Waals surface area contributed by atoms with Gasteiger partial charge in [-0.25, -0.2) is 0 Å². The summed E-state index contributed by atoms with van der Waals surface area (Å²) in [5, 5.41) is 8.64. The van der Waals surface area contributed by atoms with Crippen LogP contribution in [-0.2, 0) is 9.59 Å². The van der Waals surface area contributed by atoms with E-state index in [-0.39, 0.29) is 24.3 Å². The molecule has 0 saturated carbocycles. The summed E-state index contributed by atoms with van der Waals surface area (Å²) in [4.78, 5) is 24.1. The maximum Gasteiger partial charge on any atom is 0.304 e. The molecule has 0 aliphatic carbocycles. The topological polar surface area (TPSA) is 57.6 Å². The molecule has 0 aromatic heterocycles. The molecule has 1 N–H and O–H groups in total.